The highest BCUT2D eigenvalue weighted by atomic mass is 16.7. The maximum Gasteiger partial charge on any atom is 0.157 e. The van der Waals surface area contributed by atoms with Crippen molar-refractivity contribution in [1.29, 1.82) is 0 Å². The Morgan fingerprint density at radius 2 is 1.59 bits per heavy atom. The molecule has 2 atom stereocenters. The van der Waals surface area contributed by atoms with E-state index in [0.717, 1.165) is 32.1 Å². The van der Waals surface area contributed by atoms with Gasteiger partial charge in [0.25, 0.3) is 0 Å². The average Bonchev–Trinajstić information content (AvgIpc) is 2.29. The summed E-state index contributed by atoms with van der Waals surface area (Å²) >= 11 is 0. The fourth-order valence-electron chi connectivity index (χ4n) is 1.91. The third kappa shape index (κ3) is 9.57. The van der Waals surface area contributed by atoms with Crippen molar-refractivity contribution in [3.05, 3.63) is 0 Å². The second-order valence-corrected chi connectivity index (χ2v) is 4.67. The highest BCUT2D eigenvalue weighted by Gasteiger charge is 2.13. The molecule has 1 N–H and O–H groups in total. The van der Waals surface area contributed by atoms with Gasteiger partial charge in [0.2, 0.25) is 0 Å². The maximum atomic E-state index is 9.47. The SMILES string of the molecule is CCOC(CC(C)CCCC(O)CC)OCC. The second-order valence-electron chi connectivity index (χ2n) is 4.67. The number of aliphatic hydroxyl groups excluding tert-OH is 1. The molecule has 0 radical (unpaired) electrons. The minimum Gasteiger partial charge on any atom is -0.393 e. The molecule has 0 saturated carbocycles. The van der Waals surface area contributed by atoms with E-state index in [2.05, 4.69) is 6.92 Å². The summed E-state index contributed by atoms with van der Waals surface area (Å²) in [5.74, 6) is 0.585. The summed E-state index contributed by atoms with van der Waals surface area (Å²) in [6.45, 7) is 9.64. The lowest BCUT2D eigenvalue weighted by atomic mass is 9.98. The van der Waals surface area contributed by atoms with Gasteiger partial charge in [-0.3, -0.25) is 0 Å². The van der Waals surface area contributed by atoms with Crippen LogP contribution in [-0.4, -0.2) is 30.7 Å². The summed E-state index contributed by atoms with van der Waals surface area (Å²) in [7, 11) is 0. The molecule has 0 bridgehead atoms. The quantitative estimate of drug-likeness (QED) is 0.568. The normalized spacial score (nSPS) is 15.2. The highest BCUT2D eigenvalue weighted by molar-refractivity contribution is 4.59. The summed E-state index contributed by atoms with van der Waals surface area (Å²) in [5.41, 5.74) is 0. The first kappa shape index (κ1) is 16.9. The molecule has 0 heterocycles. The Bertz CT molecular complexity index is 156. The number of hydrogen-bond donors (Lipinski definition) is 1. The van der Waals surface area contributed by atoms with E-state index in [1.807, 2.05) is 20.8 Å². The van der Waals surface area contributed by atoms with E-state index in [-0.39, 0.29) is 12.4 Å². The van der Waals surface area contributed by atoms with Crippen molar-refractivity contribution < 1.29 is 14.6 Å². The summed E-state index contributed by atoms with van der Waals surface area (Å²) in [6.07, 6.45) is 4.75. The minimum absolute atomic E-state index is 0.0592. The van der Waals surface area contributed by atoms with Gasteiger partial charge in [-0.15, -0.1) is 0 Å². The van der Waals surface area contributed by atoms with Crippen LogP contribution in [0.2, 0.25) is 0 Å². The number of aliphatic hydroxyl groups is 1. The zero-order valence-corrected chi connectivity index (χ0v) is 11.9. The van der Waals surface area contributed by atoms with Crippen molar-refractivity contribution in [3.8, 4) is 0 Å². The van der Waals surface area contributed by atoms with Gasteiger partial charge >= 0.3 is 0 Å². The van der Waals surface area contributed by atoms with E-state index in [0.29, 0.717) is 19.1 Å². The lowest BCUT2D eigenvalue weighted by molar-refractivity contribution is -0.145. The topological polar surface area (TPSA) is 38.7 Å². The molecule has 0 aromatic carbocycles. The Labute approximate surface area is 107 Å². The van der Waals surface area contributed by atoms with Crippen LogP contribution in [0.15, 0.2) is 0 Å². The minimum atomic E-state index is -0.128. The van der Waals surface area contributed by atoms with Gasteiger partial charge in [-0.1, -0.05) is 26.7 Å². The van der Waals surface area contributed by atoms with Gasteiger partial charge in [-0.25, -0.2) is 0 Å². The van der Waals surface area contributed by atoms with Crippen molar-refractivity contribution in [1.82, 2.24) is 0 Å². The highest BCUT2D eigenvalue weighted by Crippen LogP contribution is 2.18. The van der Waals surface area contributed by atoms with Crippen LogP contribution in [0.4, 0.5) is 0 Å². The molecule has 0 rings (SSSR count). The first-order chi connectivity index (χ1) is 8.13. The van der Waals surface area contributed by atoms with Crippen molar-refractivity contribution >= 4 is 0 Å². The largest absolute Gasteiger partial charge is 0.393 e. The van der Waals surface area contributed by atoms with Crippen LogP contribution in [0.3, 0.4) is 0 Å². The first-order valence-electron chi connectivity index (χ1n) is 7.05. The standard InChI is InChI=1S/C14H30O3/c1-5-13(15)10-8-9-12(4)11-14(16-6-2)17-7-3/h12-15H,5-11H2,1-4H3. The Hall–Kier alpha value is -0.120. The van der Waals surface area contributed by atoms with Crippen LogP contribution in [0, 0.1) is 5.92 Å². The number of rotatable bonds is 11. The summed E-state index contributed by atoms with van der Waals surface area (Å²) in [6, 6.07) is 0. The Balaban J connectivity index is 3.69. The Kier molecular flexibility index (Phi) is 10.9. The molecule has 0 aliphatic heterocycles. The predicted octanol–water partition coefficient (Wildman–Crippen LogP) is 3.35. The number of hydrogen-bond acceptors (Lipinski definition) is 3. The molecule has 3 nitrogen and oxygen atoms in total. The van der Waals surface area contributed by atoms with Crippen LogP contribution in [-0.2, 0) is 9.47 Å². The molecular formula is C14H30O3. The molecule has 0 aliphatic rings. The van der Waals surface area contributed by atoms with Gasteiger partial charge in [0.15, 0.2) is 6.29 Å². The third-order valence-corrected chi connectivity index (χ3v) is 3.01. The molecular weight excluding hydrogens is 216 g/mol. The van der Waals surface area contributed by atoms with Crippen LogP contribution in [0.25, 0.3) is 0 Å². The smallest absolute Gasteiger partial charge is 0.157 e. The molecule has 2 unspecified atom stereocenters. The molecule has 0 aliphatic carbocycles. The van der Waals surface area contributed by atoms with Gasteiger partial charge < -0.3 is 14.6 Å². The third-order valence-electron chi connectivity index (χ3n) is 3.01. The first-order valence-corrected chi connectivity index (χ1v) is 7.05. The van der Waals surface area contributed by atoms with Crippen LogP contribution in [0.5, 0.6) is 0 Å². The second kappa shape index (κ2) is 11.0. The molecule has 104 valence electrons. The fraction of sp³-hybridized carbons (Fsp3) is 1.00. The molecule has 0 spiro atoms. The van der Waals surface area contributed by atoms with E-state index in [9.17, 15) is 5.11 Å². The monoisotopic (exact) mass is 246 g/mol. The zero-order valence-electron chi connectivity index (χ0n) is 11.9. The summed E-state index contributed by atoms with van der Waals surface area (Å²) in [5, 5.41) is 9.47. The molecule has 0 saturated heterocycles. The molecule has 0 aromatic rings. The van der Waals surface area contributed by atoms with Gasteiger partial charge in [0.05, 0.1) is 6.10 Å². The van der Waals surface area contributed by atoms with Gasteiger partial charge in [0, 0.05) is 19.6 Å². The molecule has 17 heavy (non-hydrogen) atoms. The van der Waals surface area contributed by atoms with Crippen molar-refractivity contribution in [2.45, 2.75) is 72.2 Å². The molecule has 0 fully saturated rings. The number of ether oxygens (including phenoxy) is 2. The zero-order chi connectivity index (χ0) is 13.1. The van der Waals surface area contributed by atoms with Gasteiger partial charge in [-0.05, 0) is 32.6 Å². The lowest BCUT2D eigenvalue weighted by Crippen LogP contribution is -2.20. The van der Waals surface area contributed by atoms with E-state index in [1.165, 1.54) is 0 Å². The lowest BCUT2D eigenvalue weighted by Gasteiger charge is -2.21. The Morgan fingerprint density at radius 1 is 1.00 bits per heavy atom. The maximum absolute atomic E-state index is 9.47. The van der Waals surface area contributed by atoms with Crippen molar-refractivity contribution in [3.63, 3.8) is 0 Å². The summed E-state index contributed by atoms with van der Waals surface area (Å²) in [4.78, 5) is 0. The van der Waals surface area contributed by atoms with E-state index in [4.69, 9.17) is 9.47 Å². The molecule has 3 heteroatoms. The van der Waals surface area contributed by atoms with E-state index in [1.54, 1.807) is 0 Å². The predicted molar refractivity (Wildman–Crippen MR) is 71.0 cm³/mol. The van der Waals surface area contributed by atoms with Crippen LogP contribution >= 0.6 is 0 Å². The van der Waals surface area contributed by atoms with E-state index >= 15 is 0 Å². The Morgan fingerprint density at radius 3 is 2.06 bits per heavy atom. The molecule has 0 aromatic heterocycles. The molecule has 0 amide bonds. The van der Waals surface area contributed by atoms with E-state index < -0.39 is 0 Å². The van der Waals surface area contributed by atoms with Crippen LogP contribution in [0.1, 0.15) is 59.8 Å². The van der Waals surface area contributed by atoms with Gasteiger partial charge in [0.1, 0.15) is 0 Å². The average molecular weight is 246 g/mol. The fourth-order valence-corrected chi connectivity index (χ4v) is 1.91. The van der Waals surface area contributed by atoms with Crippen molar-refractivity contribution in [2.24, 2.45) is 5.92 Å². The van der Waals surface area contributed by atoms with Gasteiger partial charge in [-0.2, -0.15) is 0 Å². The van der Waals surface area contributed by atoms with Crippen LogP contribution < -0.4 is 0 Å². The van der Waals surface area contributed by atoms with Crippen molar-refractivity contribution in [2.75, 3.05) is 13.2 Å². The summed E-state index contributed by atoms with van der Waals surface area (Å²) < 4.78 is 11.1.